The van der Waals surface area contributed by atoms with Gasteiger partial charge in [-0.2, -0.15) is 13.2 Å². The normalized spacial score (nSPS) is 15.6. The molecule has 1 aromatic rings. The molecule has 0 aromatic heterocycles. The van der Waals surface area contributed by atoms with Crippen molar-refractivity contribution in [1.29, 1.82) is 0 Å². The van der Waals surface area contributed by atoms with E-state index in [-0.39, 0.29) is 6.04 Å². The summed E-state index contributed by atoms with van der Waals surface area (Å²) in [5.41, 5.74) is -0.0961. The van der Waals surface area contributed by atoms with Crippen molar-refractivity contribution in [2.45, 2.75) is 32.2 Å². The molecule has 0 radical (unpaired) electrons. The smallest absolute Gasteiger partial charge is 0.392 e. The first-order valence-corrected chi connectivity index (χ1v) is 5.39. The van der Waals surface area contributed by atoms with Crippen LogP contribution in [0.15, 0.2) is 24.3 Å². The van der Waals surface area contributed by atoms with Gasteiger partial charge in [-0.25, -0.2) is 0 Å². The van der Waals surface area contributed by atoms with E-state index in [1.807, 2.05) is 0 Å². The molecular formula is C12H16F3NO. The third-order valence-electron chi connectivity index (χ3n) is 2.43. The van der Waals surface area contributed by atoms with E-state index in [1.165, 1.54) is 6.07 Å². The Morgan fingerprint density at radius 3 is 2.47 bits per heavy atom. The zero-order valence-electron chi connectivity index (χ0n) is 9.75. The van der Waals surface area contributed by atoms with E-state index in [1.54, 1.807) is 19.9 Å². The highest BCUT2D eigenvalue weighted by molar-refractivity contribution is 5.27. The standard InChI is InChI=1S/C12H16F3NO/c1-8(17)7-16-9(2)10-4-3-5-11(6-10)12(13,14)15/h3-6,8-9,16-17H,7H2,1-2H3. The highest BCUT2D eigenvalue weighted by Gasteiger charge is 2.30. The van der Waals surface area contributed by atoms with E-state index < -0.39 is 17.8 Å². The van der Waals surface area contributed by atoms with Crippen molar-refractivity contribution in [3.8, 4) is 0 Å². The van der Waals surface area contributed by atoms with Crippen LogP contribution in [0.5, 0.6) is 0 Å². The largest absolute Gasteiger partial charge is 0.416 e. The molecule has 0 amide bonds. The van der Waals surface area contributed by atoms with Crippen molar-refractivity contribution in [3.05, 3.63) is 35.4 Å². The monoisotopic (exact) mass is 247 g/mol. The Labute approximate surface area is 98.5 Å². The van der Waals surface area contributed by atoms with Crippen molar-refractivity contribution in [2.75, 3.05) is 6.54 Å². The van der Waals surface area contributed by atoms with E-state index in [4.69, 9.17) is 5.11 Å². The number of benzene rings is 1. The molecule has 0 saturated heterocycles. The summed E-state index contributed by atoms with van der Waals surface area (Å²) >= 11 is 0. The first-order chi connectivity index (χ1) is 7.80. The van der Waals surface area contributed by atoms with Crippen molar-refractivity contribution in [1.82, 2.24) is 5.32 Å². The van der Waals surface area contributed by atoms with Crippen LogP contribution in [-0.2, 0) is 6.18 Å². The third kappa shape index (κ3) is 4.36. The van der Waals surface area contributed by atoms with Crippen LogP contribution in [0.2, 0.25) is 0 Å². The lowest BCUT2D eigenvalue weighted by Gasteiger charge is -2.17. The number of hydrogen-bond donors (Lipinski definition) is 2. The van der Waals surface area contributed by atoms with Gasteiger partial charge in [-0.3, -0.25) is 0 Å². The molecule has 2 nitrogen and oxygen atoms in total. The summed E-state index contributed by atoms with van der Waals surface area (Å²) in [5, 5.41) is 12.0. The van der Waals surface area contributed by atoms with E-state index in [0.29, 0.717) is 12.1 Å². The molecular weight excluding hydrogens is 231 g/mol. The lowest BCUT2D eigenvalue weighted by atomic mass is 10.0. The maximum absolute atomic E-state index is 12.5. The van der Waals surface area contributed by atoms with Gasteiger partial charge in [-0.1, -0.05) is 12.1 Å². The van der Waals surface area contributed by atoms with Gasteiger partial charge in [0.25, 0.3) is 0 Å². The molecule has 2 unspecified atom stereocenters. The summed E-state index contributed by atoms with van der Waals surface area (Å²) in [4.78, 5) is 0. The second kappa shape index (κ2) is 5.51. The topological polar surface area (TPSA) is 32.3 Å². The molecule has 0 aliphatic carbocycles. The molecule has 96 valence electrons. The molecule has 5 heteroatoms. The first kappa shape index (κ1) is 14.0. The van der Waals surface area contributed by atoms with Gasteiger partial charge in [0.1, 0.15) is 0 Å². The predicted octanol–water partition coefficient (Wildman–Crippen LogP) is 2.74. The van der Waals surface area contributed by atoms with Gasteiger partial charge < -0.3 is 10.4 Å². The van der Waals surface area contributed by atoms with Gasteiger partial charge in [0, 0.05) is 12.6 Å². The molecule has 2 N–H and O–H groups in total. The molecule has 0 aliphatic heterocycles. The summed E-state index contributed by atoms with van der Waals surface area (Å²) in [7, 11) is 0. The molecule has 0 aliphatic rings. The van der Waals surface area contributed by atoms with Gasteiger partial charge in [0.05, 0.1) is 11.7 Å². The molecule has 1 aromatic carbocycles. The van der Waals surface area contributed by atoms with Crippen LogP contribution in [0.4, 0.5) is 13.2 Å². The molecule has 1 rings (SSSR count). The third-order valence-corrected chi connectivity index (χ3v) is 2.43. The number of aliphatic hydroxyl groups is 1. The minimum absolute atomic E-state index is 0.230. The van der Waals surface area contributed by atoms with Gasteiger partial charge >= 0.3 is 6.18 Å². The Kier molecular flexibility index (Phi) is 4.54. The fourth-order valence-electron chi connectivity index (χ4n) is 1.45. The van der Waals surface area contributed by atoms with Gasteiger partial charge in [0.2, 0.25) is 0 Å². The maximum Gasteiger partial charge on any atom is 0.416 e. The number of alkyl halides is 3. The van der Waals surface area contributed by atoms with Gasteiger partial charge in [-0.15, -0.1) is 0 Å². The highest BCUT2D eigenvalue weighted by atomic mass is 19.4. The van der Waals surface area contributed by atoms with E-state index in [2.05, 4.69) is 5.32 Å². The Balaban J connectivity index is 2.77. The SMILES string of the molecule is CC(O)CNC(C)c1cccc(C(F)(F)F)c1. The second-order valence-corrected chi connectivity index (χ2v) is 4.10. The highest BCUT2D eigenvalue weighted by Crippen LogP contribution is 2.30. The van der Waals surface area contributed by atoms with Crippen molar-refractivity contribution in [3.63, 3.8) is 0 Å². The summed E-state index contributed by atoms with van der Waals surface area (Å²) in [6, 6.07) is 4.96. The minimum Gasteiger partial charge on any atom is -0.392 e. The zero-order valence-corrected chi connectivity index (χ0v) is 9.75. The van der Waals surface area contributed by atoms with Crippen LogP contribution >= 0.6 is 0 Å². The van der Waals surface area contributed by atoms with Crippen LogP contribution in [0, 0.1) is 0 Å². The quantitative estimate of drug-likeness (QED) is 0.857. The average molecular weight is 247 g/mol. The van der Waals surface area contributed by atoms with E-state index in [0.717, 1.165) is 12.1 Å². The average Bonchev–Trinajstić information content (AvgIpc) is 2.25. The summed E-state index contributed by atoms with van der Waals surface area (Å²) in [5.74, 6) is 0. The zero-order chi connectivity index (χ0) is 13.1. The lowest BCUT2D eigenvalue weighted by Crippen LogP contribution is -2.27. The van der Waals surface area contributed by atoms with Gasteiger partial charge in [-0.05, 0) is 31.5 Å². The molecule has 0 spiro atoms. The Morgan fingerprint density at radius 1 is 1.29 bits per heavy atom. The molecule has 0 saturated carbocycles. The minimum atomic E-state index is -4.32. The van der Waals surface area contributed by atoms with Crippen LogP contribution in [0.25, 0.3) is 0 Å². The number of nitrogens with one attached hydrogen (secondary N) is 1. The van der Waals surface area contributed by atoms with E-state index >= 15 is 0 Å². The molecule has 0 bridgehead atoms. The number of hydrogen-bond acceptors (Lipinski definition) is 2. The Bertz CT molecular complexity index is 363. The fourth-order valence-corrected chi connectivity index (χ4v) is 1.45. The van der Waals surface area contributed by atoms with Crippen molar-refractivity contribution >= 4 is 0 Å². The second-order valence-electron chi connectivity index (χ2n) is 4.10. The molecule has 17 heavy (non-hydrogen) atoms. The summed E-state index contributed by atoms with van der Waals surface area (Å²) in [6.07, 6.45) is -4.84. The predicted molar refractivity (Wildman–Crippen MR) is 59.5 cm³/mol. The molecule has 0 heterocycles. The van der Waals surface area contributed by atoms with Crippen molar-refractivity contribution < 1.29 is 18.3 Å². The lowest BCUT2D eigenvalue weighted by molar-refractivity contribution is -0.137. The Morgan fingerprint density at radius 2 is 1.94 bits per heavy atom. The van der Waals surface area contributed by atoms with E-state index in [9.17, 15) is 13.2 Å². The molecule has 2 atom stereocenters. The Hall–Kier alpha value is -1.07. The maximum atomic E-state index is 12.5. The van der Waals surface area contributed by atoms with Crippen LogP contribution in [0.3, 0.4) is 0 Å². The van der Waals surface area contributed by atoms with Crippen LogP contribution in [-0.4, -0.2) is 17.8 Å². The van der Waals surface area contributed by atoms with Crippen LogP contribution in [0.1, 0.15) is 31.0 Å². The number of halogens is 3. The van der Waals surface area contributed by atoms with Gasteiger partial charge in [0.15, 0.2) is 0 Å². The van der Waals surface area contributed by atoms with Crippen molar-refractivity contribution in [2.24, 2.45) is 0 Å². The summed E-state index contributed by atoms with van der Waals surface area (Å²) < 4.78 is 37.5. The molecule has 0 fully saturated rings. The number of rotatable bonds is 4. The fraction of sp³-hybridized carbons (Fsp3) is 0.500. The number of aliphatic hydroxyl groups excluding tert-OH is 1. The van der Waals surface area contributed by atoms with Crippen LogP contribution < -0.4 is 5.32 Å². The first-order valence-electron chi connectivity index (χ1n) is 5.39. The summed E-state index contributed by atoms with van der Waals surface area (Å²) in [6.45, 7) is 3.72.